The molecule has 1 aliphatic carbocycles. The Morgan fingerprint density at radius 2 is 1.80 bits per heavy atom. The Hall–Kier alpha value is -1.54. The maximum absolute atomic E-state index is 13.0. The molecular formula is C17H17ClFN. The molecule has 0 heterocycles. The highest BCUT2D eigenvalue weighted by Gasteiger charge is 2.30. The lowest BCUT2D eigenvalue weighted by atomic mass is 9.75. The Kier molecular flexibility index (Phi) is 3.66. The maximum Gasteiger partial charge on any atom is 0.124 e. The lowest BCUT2D eigenvalue weighted by Gasteiger charge is -2.37. The first kappa shape index (κ1) is 13.4. The normalized spacial score (nSPS) is 21.4. The molecule has 0 radical (unpaired) electrons. The predicted molar refractivity (Wildman–Crippen MR) is 82.0 cm³/mol. The number of aryl methyl sites for hydroxylation is 1. The standard InChI is InChI=1S/C17H17ClFN/c1-11-2-4-12(5-3-11)13-8-15(9-13)20-17-7-6-14(19)10-16(17)18/h2-7,10,13,15,20H,8-9H2,1H3. The van der Waals surface area contributed by atoms with Gasteiger partial charge < -0.3 is 5.32 Å². The van der Waals surface area contributed by atoms with Gasteiger partial charge in [0.05, 0.1) is 10.7 Å². The van der Waals surface area contributed by atoms with Crippen molar-refractivity contribution in [2.24, 2.45) is 0 Å². The molecule has 0 spiro atoms. The van der Waals surface area contributed by atoms with E-state index in [1.165, 1.54) is 23.3 Å². The van der Waals surface area contributed by atoms with E-state index in [1.807, 2.05) is 0 Å². The van der Waals surface area contributed by atoms with Gasteiger partial charge in [0.25, 0.3) is 0 Å². The highest BCUT2D eigenvalue weighted by Crippen LogP contribution is 2.39. The molecule has 1 fully saturated rings. The number of hydrogen-bond acceptors (Lipinski definition) is 1. The zero-order chi connectivity index (χ0) is 14.1. The van der Waals surface area contributed by atoms with Gasteiger partial charge in [0.15, 0.2) is 0 Å². The fourth-order valence-corrected chi connectivity index (χ4v) is 2.89. The van der Waals surface area contributed by atoms with Crippen LogP contribution in [0.25, 0.3) is 0 Å². The summed E-state index contributed by atoms with van der Waals surface area (Å²) in [6.07, 6.45) is 2.19. The number of rotatable bonds is 3. The van der Waals surface area contributed by atoms with E-state index < -0.39 is 0 Å². The number of hydrogen-bond donors (Lipinski definition) is 1. The summed E-state index contributed by atoms with van der Waals surface area (Å²) < 4.78 is 13.0. The molecule has 1 N–H and O–H groups in total. The van der Waals surface area contributed by atoms with Gasteiger partial charge in [-0.15, -0.1) is 0 Å². The monoisotopic (exact) mass is 289 g/mol. The average Bonchev–Trinajstić information content (AvgIpc) is 2.37. The van der Waals surface area contributed by atoms with E-state index in [2.05, 4.69) is 36.5 Å². The van der Waals surface area contributed by atoms with Crippen LogP contribution in [0.2, 0.25) is 5.02 Å². The molecule has 0 bridgehead atoms. The zero-order valence-corrected chi connectivity index (χ0v) is 12.1. The second-order valence-electron chi connectivity index (χ2n) is 5.54. The summed E-state index contributed by atoms with van der Waals surface area (Å²) in [4.78, 5) is 0. The molecule has 2 aromatic rings. The zero-order valence-electron chi connectivity index (χ0n) is 11.4. The molecule has 1 saturated carbocycles. The molecule has 0 aromatic heterocycles. The highest BCUT2D eigenvalue weighted by atomic mass is 35.5. The van der Waals surface area contributed by atoms with Crippen molar-refractivity contribution in [3.8, 4) is 0 Å². The summed E-state index contributed by atoms with van der Waals surface area (Å²) in [5.41, 5.74) is 3.51. The summed E-state index contributed by atoms with van der Waals surface area (Å²) in [5, 5.41) is 3.83. The summed E-state index contributed by atoms with van der Waals surface area (Å²) in [6, 6.07) is 13.6. The summed E-state index contributed by atoms with van der Waals surface area (Å²) in [6.45, 7) is 2.10. The van der Waals surface area contributed by atoms with Crippen LogP contribution in [0.3, 0.4) is 0 Å². The third kappa shape index (κ3) is 2.80. The lowest BCUT2D eigenvalue weighted by Crippen LogP contribution is -2.34. The largest absolute Gasteiger partial charge is 0.381 e. The van der Waals surface area contributed by atoms with Gasteiger partial charge in [-0.3, -0.25) is 0 Å². The van der Waals surface area contributed by atoms with Crippen LogP contribution in [0, 0.1) is 12.7 Å². The van der Waals surface area contributed by atoms with E-state index in [1.54, 1.807) is 6.07 Å². The molecule has 1 aliphatic rings. The second-order valence-corrected chi connectivity index (χ2v) is 5.95. The molecule has 1 nitrogen and oxygen atoms in total. The molecule has 0 saturated heterocycles. The van der Waals surface area contributed by atoms with Crippen LogP contribution in [0.15, 0.2) is 42.5 Å². The van der Waals surface area contributed by atoms with Crippen LogP contribution in [0.5, 0.6) is 0 Å². The molecule has 104 valence electrons. The molecule has 0 unspecified atom stereocenters. The van der Waals surface area contributed by atoms with Crippen molar-refractivity contribution in [3.63, 3.8) is 0 Å². The Balaban J connectivity index is 1.59. The fourth-order valence-electron chi connectivity index (χ4n) is 2.67. The Bertz CT molecular complexity index is 603. The minimum absolute atomic E-state index is 0.299. The van der Waals surface area contributed by atoms with Crippen molar-refractivity contribution in [1.82, 2.24) is 0 Å². The molecule has 0 amide bonds. The summed E-state index contributed by atoms with van der Waals surface area (Å²) in [5.74, 6) is 0.319. The first-order valence-electron chi connectivity index (χ1n) is 6.90. The van der Waals surface area contributed by atoms with Crippen LogP contribution in [-0.4, -0.2) is 6.04 Å². The van der Waals surface area contributed by atoms with Crippen molar-refractivity contribution < 1.29 is 4.39 Å². The van der Waals surface area contributed by atoms with Crippen molar-refractivity contribution in [3.05, 3.63) is 64.4 Å². The van der Waals surface area contributed by atoms with Gasteiger partial charge in [-0.25, -0.2) is 4.39 Å². The van der Waals surface area contributed by atoms with Crippen molar-refractivity contribution >= 4 is 17.3 Å². The van der Waals surface area contributed by atoms with Crippen LogP contribution in [0.1, 0.15) is 29.9 Å². The Morgan fingerprint density at radius 1 is 1.10 bits per heavy atom. The van der Waals surface area contributed by atoms with E-state index in [0.717, 1.165) is 18.5 Å². The van der Waals surface area contributed by atoms with E-state index in [9.17, 15) is 4.39 Å². The Morgan fingerprint density at radius 3 is 2.45 bits per heavy atom. The van der Waals surface area contributed by atoms with E-state index in [4.69, 9.17) is 11.6 Å². The minimum Gasteiger partial charge on any atom is -0.381 e. The summed E-state index contributed by atoms with van der Waals surface area (Å²) >= 11 is 6.02. The van der Waals surface area contributed by atoms with Crippen LogP contribution < -0.4 is 5.32 Å². The quantitative estimate of drug-likeness (QED) is 0.824. The van der Waals surface area contributed by atoms with Crippen LogP contribution >= 0.6 is 11.6 Å². The highest BCUT2D eigenvalue weighted by molar-refractivity contribution is 6.33. The molecule has 0 aliphatic heterocycles. The fraction of sp³-hybridized carbons (Fsp3) is 0.294. The molecule has 3 heteroatoms. The van der Waals surface area contributed by atoms with Crippen LogP contribution in [-0.2, 0) is 0 Å². The third-order valence-electron chi connectivity index (χ3n) is 3.98. The second kappa shape index (κ2) is 5.45. The van der Waals surface area contributed by atoms with Crippen molar-refractivity contribution in [2.75, 3.05) is 5.32 Å². The van der Waals surface area contributed by atoms with Gasteiger partial charge in [-0.05, 0) is 49.4 Å². The topological polar surface area (TPSA) is 12.0 Å². The lowest BCUT2D eigenvalue weighted by molar-refractivity contribution is 0.374. The van der Waals surface area contributed by atoms with Gasteiger partial charge in [0.2, 0.25) is 0 Å². The van der Waals surface area contributed by atoms with Gasteiger partial charge >= 0.3 is 0 Å². The van der Waals surface area contributed by atoms with Crippen molar-refractivity contribution in [2.45, 2.75) is 31.7 Å². The maximum atomic E-state index is 13.0. The molecule has 3 rings (SSSR count). The molecule has 0 atom stereocenters. The van der Waals surface area contributed by atoms with Crippen molar-refractivity contribution in [1.29, 1.82) is 0 Å². The summed E-state index contributed by atoms with van der Waals surface area (Å²) in [7, 11) is 0. The van der Waals surface area contributed by atoms with E-state index in [0.29, 0.717) is 17.0 Å². The van der Waals surface area contributed by atoms with E-state index in [-0.39, 0.29) is 5.82 Å². The molecule has 20 heavy (non-hydrogen) atoms. The minimum atomic E-state index is -0.299. The first-order chi connectivity index (χ1) is 9.61. The SMILES string of the molecule is Cc1ccc(C2CC(Nc3ccc(F)cc3Cl)C2)cc1. The van der Waals surface area contributed by atoms with Gasteiger partial charge in [0, 0.05) is 6.04 Å². The third-order valence-corrected chi connectivity index (χ3v) is 4.29. The van der Waals surface area contributed by atoms with Crippen LogP contribution in [0.4, 0.5) is 10.1 Å². The molecule has 2 aromatic carbocycles. The van der Waals surface area contributed by atoms with Gasteiger partial charge in [-0.1, -0.05) is 41.4 Å². The number of nitrogens with one attached hydrogen (secondary N) is 1. The Labute approximate surface area is 123 Å². The smallest absolute Gasteiger partial charge is 0.124 e. The number of benzene rings is 2. The first-order valence-corrected chi connectivity index (χ1v) is 7.28. The predicted octanol–water partition coefficient (Wildman–Crippen LogP) is 5.15. The molecular weight excluding hydrogens is 273 g/mol. The number of halogens is 2. The van der Waals surface area contributed by atoms with E-state index >= 15 is 0 Å². The van der Waals surface area contributed by atoms with Gasteiger partial charge in [0.1, 0.15) is 5.82 Å². The number of anilines is 1. The average molecular weight is 290 g/mol. The van der Waals surface area contributed by atoms with Gasteiger partial charge in [-0.2, -0.15) is 0 Å².